The molecule has 470 valence electrons. The van der Waals surface area contributed by atoms with Gasteiger partial charge < -0.3 is 54.1 Å². The molecule has 83 heavy (non-hydrogen) atoms. The van der Waals surface area contributed by atoms with Crippen molar-refractivity contribution >= 4 is 29.1 Å². The summed E-state index contributed by atoms with van der Waals surface area (Å²) in [5, 5.41) is 69.8. The van der Waals surface area contributed by atoms with Crippen molar-refractivity contribution in [1.29, 1.82) is 0 Å². The lowest BCUT2D eigenvalue weighted by molar-refractivity contribution is -0.302. The van der Waals surface area contributed by atoms with E-state index in [9.17, 15) is 30.3 Å². The number of hydrogen-bond donors (Lipinski definition) is 5. The number of benzene rings is 2. The van der Waals surface area contributed by atoms with Crippen molar-refractivity contribution in [2.45, 2.75) is 256 Å². The smallest absolute Gasteiger partial charge is 0.309 e. The highest BCUT2D eigenvalue weighted by molar-refractivity contribution is 7.95. The lowest BCUT2D eigenvalue weighted by Crippen LogP contribution is -2.61. The van der Waals surface area contributed by atoms with E-state index in [4.69, 9.17) is 23.7 Å². The SMILES string of the molecule is CC[C@H]1OC(=O)[C@H](C)[C@@H](C2C[C@@](C)(OC)[C@@H](O)[C@H](C)O2)[C@H](C)[C@@H](O[C@@H]2O[C@H](C)C[C@H](N(C)C)[C@H]2O)[C@](C)(O)C[C@@H](C)CN(CCCCCCCCCCCCCC[P+](c2ccccc2)(c2ccccc2)c2cnn(C)c2)[C@H](C)[C@@H](O)[C@]1(C)O. The van der Waals surface area contributed by atoms with Gasteiger partial charge in [-0.3, -0.25) is 14.4 Å². The average Bonchev–Trinajstić information content (AvgIpc) is 4.05. The van der Waals surface area contributed by atoms with E-state index in [1.165, 1.54) is 67.3 Å². The number of cyclic esters (lactones) is 1. The number of carbonyl (C=O) groups is 1. The lowest BCUT2D eigenvalue weighted by Gasteiger charge is -2.51. The van der Waals surface area contributed by atoms with Gasteiger partial charge in [-0.25, -0.2) is 0 Å². The van der Waals surface area contributed by atoms with Crippen LogP contribution in [0.25, 0.3) is 0 Å². The van der Waals surface area contributed by atoms with Gasteiger partial charge in [-0.2, -0.15) is 5.10 Å². The normalized spacial score (nSPS) is 35.7. The third kappa shape index (κ3) is 17.3. The van der Waals surface area contributed by atoms with Gasteiger partial charge in [-0.05, 0) is 137 Å². The minimum atomic E-state index is -1.85. The van der Waals surface area contributed by atoms with E-state index < -0.39 is 103 Å². The Hall–Kier alpha value is -2.89. The summed E-state index contributed by atoms with van der Waals surface area (Å²) in [6.45, 7) is 19.7. The van der Waals surface area contributed by atoms with Crippen molar-refractivity contribution in [2.24, 2.45) is 30.7 Å². The molecule has 16 heteroatoms. The zero-order valence-corrected chi connectivity index (χ0v) is 54.3. The Morgan fingerprint density at radius 1 is 0.759 bits per heavy atom. The Morgan fingerprint density at radius 2 is 1.31 bits per heavy atom. The van der Waals surface area contributed by atoms with Crippen molar-refractivity contribution in [3.05, 3.63) is 73.1 Å². The second-order valence-electron chi connectivity index (χ2n) is 26.6. The number of likely N-dealkylation sites (N-methyl/N-ethyl adjacent to an activating group) is 1. The maximum atomic E-state index is 14.8. The molecule has 3 aliphatic rings. The van der Waals surface area contributed by atoms with Crippen molar-refractivity contribution in [1.82, 2.24) is 19.6 Å². The van der Waals surface area contributed by atoms with Crippen LogP contribution >= 0.6 is 7.26 Å². The van der Waals surface area contributed by atoms with Crippen molar-refractivity contribution in [2.75, 3.05) is 40.5 Å². The van der Waals surface area contributed by atoms with Crippen LogP contribution in [0.3, 0.4) is 0 Å². The third-order valence-corrected chi connectivity index (χ3v) is 24.1. The molecule has 0 aliphatic carbocycles. The number of carbonyl (C=O) groups excluding carboxylic acids is 1. The number of rotatable bonds is 24. The van der Waals surface area contributed by atoms with Crippen LogP contribution in [0.2, 0.25) is 0 Å². The van der Waals surface area contributed by atoms with Crippen molar-refractivity contribution < 1.29 is 54.0 Å². The number of aliphatic hydroxyl groups excluding tert-OH is 3. The van der Waals surface area contributed by atoms with Gasteiger partial charge in [-0.1, -0.05) is 122 Å². The number of ether oxygens (including phenoxy) is 5. The monoisotopic (exact) mass is 1180 g/mol. The van der Waals surface area contributed by atoms with Gasteiger partial charge in [0.1, 0.15) is 53.2 Å². The summed E-state index contributed by atoms with van der Waals surface area (Å²) in [4.78, 5) is 19.0. The molecule has 6 rings (SSSR count). The molecule has 3 saturated heterocycles. The number of aromatic nitrogens is 2. The Kier molecular flexibility index (Phi) is 26.1. The fraction of sp³-hybridized carbons (Fsp3) is 0.761. The molecule has 1 unspecified atom stereocenters. The molecule has 2 aromatic carbocycles. The molecule has 3 aliphatic heterocycles. The fourth-order valence-corrected chi connectivity index (χ4v) is 19.0. The van der Waals surface area contributed by atoms with Gasteiger partial charge in [0.15, 0.2) is 6.29 Å². The van der Waals surface area contributed by atoms with Crippen molar-refractivity contribution in [3.63, 3.8) is 0 Å². The first-order valence-electron chi connectivity index (χ1n) is 31.9. The van der Waals surface area contributed by atoms with Gasteiger partial charge in [0.05, 0.1) is 60.1 Å². The number of nitrogens with zero attached hydrogens (tertiary/aromatic N) is 4. The highest BCUT2D eigenvalue weighted by Crippen LogP contribution is 2.56. The van der Waals surface area contributed by atoms with E-state index in [1.54, 1.807) is 34.8 Å². The molecule has 15 nitrogen and oxygen atoms in total. The van der Waals surface area contributed by atoms with Crippen LogP contribution in [0, 0.1) is 23.7 Å². The van der Waals surface area contributed by atoms with Gasteiger partial charge in [0.25, 0.3) is 0 Å². The standard InChI is InChI=1S/C67H112N4O11P/c1-15-57-67(10,77)60(73)50(6)71(38-32-24-22-20-18-16-17-19-21-23-25-33-39-83(52-34-28-26-29-35-52,53-36-30-27-31-37-53)54-43-68-70(13)45-54)44-46(2)41-65(8,76)62(82-64-59(72)55(69(11)12)40-47(3)79-64)48(4)58(49(5)63(75)81-57)56-42-66(9,78-14)61(74)51(7)80-56/h26-31,34-37,43,45-51,55-62,64,72-74,76-77H,15-25,32-33,38-42,44H2,1-14H3/q+1/t46-,47-,48+,49-,50-,51+,55+,56?,57-,58+,59-,60-,61+,62-,64+,65-,66-,67-/m1/s1. The Labute approximate surface area is 500 Å². The van der Waals surface area contributed by atoms with Crippen LogP contribution in [0.15, 0.2) is 73.1 Å². The number of aliphatic hydroxyl groups is 5. The highest BCUT2D eigenvalue weighted by Gasteiger charge is 2.55. The van der Waals surface area contributed by atoms with E-state index in [-0.39, 0.29) is 37.3 Å². The Morgan fingerprint density at radius 3 is 1.83 bits per heavy atom. The lowest BCUT2D eigenvalue weighted by atomic mass is 9.68. The molecule has 18 atom stereocenters. The summed E-state index contributed by atoms with van der Waals surface area (Å²) in [5.74, 6) is -2.95. The van der Waals surface area contributed by atoms with E-state index >= 15 is 0 Å². The molecule has 1 aromatic heterocycles. The van der Waals surface area contributed by atoms with Crippen LogP contribution in [-0.2, 0) is 35.5 Å². The largest absolute Gasteiger partial charge is 0.459 e. The second-order valence-corrected chi connectivity index (χ2v) is 30.2. The van der Waals surface area contributed by atoms with Crippen LogP contribution in [0.1, 0.15) is 172 Å². The summed E-state index contributed by atoms with van der Waals surface area (Å²) in [6, 6.07) is 21.4. The first-order chi connectivity index (χ1) is 39.3. The molecule has 0 saturated carbocycles. The summed E-state index contributed by atoms with van der Waals surface area (Å²) >= 11 is 0. The molecule has 4 heterocycles. The minimum absolute atomic E-state index is 0.141. The molecule has 5 N–H and O–H groups in total. The van der Waals surface area contributed by atoms with Crippen LogP contribution in [0.4, 0.5) is 0 Å². The van der Waals surface area contributed by atoms with Gasteiger partial charge in [-0.15, -0.1) is 0 Å². The predicted molar refractivity (Wildman–Crippen MR) is 334 cm³/mol. The molecular weight excluding hydrogens is 1070 g/mol. The Balaban J connectivity index is 1.09. The molecule has 0 amide bonds. The molecule has 0 spiro atoms. The first kappa shape index (κ1) is 69.2. The first-order valence-corrected chi connectivity index (χ1v) is 33.9. The minimum Gasteiger partial charge on any atom is -0.459 e. The topological polar surface area (TPSA) is 189 Å². The maximum absolute atomic E-state index is 14.8. The summed E-state index contributed by atoms with van der Waals surface area (Å²) < 4.78 is 34.3. The average molecular weight is 1180 g/mol. The summed E-state index contributed by atoms with van der Waals surface area (Å²) in [6.07, 6.45) is 12.8. The zero-order chi connectivity index (χ0) is 60.9. The van der Waals surface area contributed by atoms with E-state index in [0.29, 0.717) is 19.5 Å². The molecule has 0 bridgehead atoms. The fourth-order valence-electron chi connectivity index (χ4n) is 14.7. The molecule has 3 fully saturated rings. The molecule has 0 radical (unpaired) electrons. The van der Waals surface area contributed by atoms with Crippen LogP contribution in [0.5, 0.6) is 0 Å². The maximum Gasteiger partial charge on any atom is 0.309 e. The number of aryl methyl sites for hydroxylation is 1. The van der Waals surface area contributed by atoms with Crippen molar-refractivity contribution in [3.8, 4) is 0 Å². The quantitative estimate of drug-likeness (QED) is 0.0325. The van der Waals surface area contributed by atoms with Gasteiger partial charge in [0.2, 0.25) is 0 Å². The van der Waals surface area contributed by atoms with Gasteiger partial charge in [0, 0.05) is 45.1 Å². The highest BCUT2D eigenvalue weighted by atomic mass is 31.2. The number of methoxy groups -OCH3 is 1. The van der Waals surface area contributed by atoms with E-state index in [1.807, 2.05) is 65.3 Å². The second kappa shape index (κ2) is 31.3. The van der Waals surface area contributed by atoms with Gasteiger partial charge >= 0.3 is 5.97 Å². The third-order valence-electron chi connectivity index (χ3n) is 19.6. The van der Waals surface area contributed by atoms with E-state index in [0.717, 1.165) is 31.8 Å². The van der Waals surface area contributed by atoms with Crippen LogP contribution < -0.4 is 15.9 Å². The number of unbranched alkanes of at least 4 members (excludes halogenated alkanes) is 11. The van der Waals surface area contributed by atoms with Crippen LogP contribution in [-0.4, -0.2) is 176 Å². The summed E-state index contributed by atoms with van der Waals surface area (Å²) in [7, 11) is 5.57. The predicted octanol–water partition coefficient (Wildman–Crippen LogP) is 8.95. The zero-order valence-electron chi connectivity index (χ0n) is 53.4. The molecular formula is C67H112N4O11P+. The number of hydrogen-bond acceptors (Lipinski definition) is 14. The summed E-state index contributed by atoms with van der Waals surface area (Å²) in [5.41, 5.74) is -4.39. The Bertz CT molecular complexity index is 2320. The van der Waals surface area contributed by atoms with E-state index in [2.05, 4.69) is 90.0 Å². The molecule has 3 aromatic rings. The number of esters is 1.